The summed E-state index contributed by atoms with van der Waals surface area (Å²) >= 11 is 0. The smallest absolute Gasteiger partial charge is 0.135 e. The van der Waals surface area contributed by atoms with E-state index in [0.717, 1.165) is 66.2 Å². The Balaban J connectivity index is 1.62. The summed E-state index contributed by atoms with van der Waals surface area (Å²) in [4.78, 5) is 0. The number of rotatable bonds is 2. The second-order valence-corrected chi connectivity index (χ2v) is 8.77. The van der Waals surface area contributed by atoms with Crippen molar-refractivity contribution in [2.45, 2.75) is 0 Å². The Bertz CT molecular complexity index is 1870. The van der Waals surface area contributed by atoms with Gasteiger partial charge in [-0.05, 0) is 63.0 Å². The number of para-hydroxylation sites is 1. The van der Waals surface area contributed by atoms with Crippen molar-refractivity contribution >= 4 is 43.5 Å². The maximum atomic E-state index is 15.1. The highest BCUT2D eigenvalue weighted by Crippen LogP contribution is 2.45. The molecule has 0 atom stereocenters. The monoisotopic (exact) mass is 456 g/mol. The molecule has 0 N–H and O–H groups in total. The third-order valence-electron chi connectivity index (χ3n) is 6.80. The summed E-state index contributed by atoms with van der Waals surface area (Å²) in [5.74, 6) is -1.16. The Morgan fingerprint density at radius 3 is 1.69 bits per heavy atom. The lowest BCUT2D eigenvalue weighted by Gasteiger charge is -2.18. The van der Waals surface area contributed by atoms with Crippen LogP contribution in [0, 0.1) is 11.6 Å². The Kier molecular flexibility index (Phi) is 4.27. The van der Waals surface area contributed by atoms with Crippen molar-refractivity contribution in [3.63, 3.8) is 0 Å². The second kappa shape index (κ2) is 7.51. The fraction of sp³-hybridized carbons (Fsp3) is 0. The molecule has 0 aliphatic carbocycles. The molecule has 166 valence electrons. The molecular formula is C32H18F2O. The van der Waals surface area contributed by atoms with Gasteiger partial charge in [0.25, 0.3) is 0 Å². The summed E-state index contributed by atoms with van der Waals surface area (Å²) in [6.45, 7) is 0. The maximum Gasteiger partial charge on any atom is 0.135 e. The zero-order valence-electron chi connectivity index (χ0n) is 18.6. The molecule has 0 amide bonds. The average Bonchev–Trinajstić information content (AvgIpc) is 3.26. The second-order valence-electron chi connectivity index (χ2n) is 8.77. The van der Waals surface area contributed by atoms with Crippen LogP contribution >= 0.6 is 0 Å². The number of hydrogen-bond donors (Lipinski definition) is 0. The molecule has 0 aliphatic rings. The van der Waals surface area contributed by atoms with E-state index in [4.69, 9.17) is 4.42 Å². The molecular weight excluding hydrogens is 438 g/mol. The minimum absolute atomic E-state index is 0.390. The van der Waals surface area contributed by atoms with Gasteiger partial charge in [-0.15, -0.1) is 0 Å². The van der Waals surface area contributed by atoms with Gasteiger partial charge in [0.2, 0.25) is 0 Å². The lowest BCUT2D eigenvalue weighted by atomic mass is 9.85. The summed E-state index contributed by atoms with van der Waals surface area (Å²) in [6, 6.07) is 34.2. The van der Waals surface area contributed by atoms with Gasteiger partial charge in [-0.3, -0.25) is 0 Å². The van der Waals surface area contributed by atoms with Crippen molar-refractivity contribution in [3.05, 3.63) is 121 Å². The molecule has 1 aromatic heterocycles. The molecule has 0 bridgehead atoms. The Morgan fingerprint density at radius 1 is 0.457 bits per heavy atom. The van der Waals surface area contributed by atoms with Crippen molar-refractivity contribution in [2.24, 2.45) is 0 Å². The van der Waals surface area contributed by atoms with Crippen LogP contribution in [0.15, 0.2) is 114 Å². The zero-order valence-corrected chi connectivity index (χ0v) is 18.6. The van der Waals surface area contributed by atoms with E-state index < -0.39 is 11.6 Å². The Labute approximate surface area is 199 Å². The minimum atomic E-state index is -0.586. The molecule has 0 spiro atoms. The average molecular weight is 456 g/mol. The van der Waals surface area contributed by atoms with Crippen molar-refractivity contribution in [1.82, 2.24) is 0 Å². The first-order valence-electron chi connectivity index (χ1n) is 11.5. The van der Waals surface area contributed by atoms with E-state index >= 15 is 4.39 Å². The highest BCUT2D eigenvalue weighted by Gasteiger charge is 2.19. The van der Waals surface area contributed by atoms with Crippen LogP contribution in [0.4, 0.5) is 8.78 Å². The van der Waals surface area contributed by atoms with E-state index in [-0.39, 0.29) is 0 Å². The summed E-state index contributed by atoms with van der Waals surface area (Å²) < 4.78 is 34.8. The molecule has 1 nitrogen and oxygen atoms in total. The summed E-state index contributed by atoms with van der Waals surface area (Å²) in [7, 11) is 0. The molecule has 0 aliphatic heterocycles. The van der Waals surface area contributed by atoms with Crippen LogP contribution in [-0.4, -0.2) is 0 Å². The van der Waals surface area contributed by atoms with Gasteiger partial charge in [0.1, 0.15) is 22.8 Å². The number of fused-ring (bicyclic) bond motifs is 5. The SMILES string of the molecule is Fc1ccc(-c2c3ccccc3c(-c3ccc4oc5ccccc5c4c3)c3ccccc23)c(F)c1. The lowest BCUT2D eigenvalue weighted by molar-refractivity contribution is 0.586. The Hall–Kier alpha value is -4.50. The standard InChI is InChI=1S/C32H18F2O/c33-20-14-15-26(28(34)18-20)32-24-10-3-1-8-22(24)31(23-9-2-4-11-25(23)32)19-13-16-30-27(17-19)21-7-5-6-12-29(21)35-30/h1-18H. The number of halogens is 2. The van der Waals surface area contributed by atoms with E-state index in [9.17, 15) is 4.39 Å². The topological polar surface area (TPSA) is 13.1 Å². The van der Waals surface area contributed by atoms with E-state index in [1.54, 1.807) is 0 Å². The van der Waals surface area contributed by atoms with Crippen LogP contribution < -0.4 is 0 Å². The fourth-order valence-electron chi connectivity index (χ4n) is 5.30. The van der Waals surface area contributed by atoms with Gasteiger partial charge in [-0.25, -0.2) is 8.78 Å². The summed E-state index contributed by atoms with van der Waals surface area (Å²) in [5, 5.41) is 5.99. The summed E-state index contributed by atoms with van der Waals surface area (Å²) in [6.07, 6.45) is 0. The number of furan rings is 1. The Morgan fingerprint density at radius 2 is 1.03 bits per heavy atom. The first kappa shape index (κ1) is 19.9. The van der Waals surface area contributed by atoms with Gasteiger partial charge in [0.15, 0.2) is 0 Å². The van der Waals surface area contributed by atoms with Gasteiger partial charge in [0, 0.05) is 28.0 Å². The molecule has 0 saturated heterocycles. The van der Waals surface area contributed by atoms with Gasteiger partial charge >= 0.3 is 0 Å². The zero-order chi connectivity index (χ0) is 23.5. The molecule has 35 heavy (non-hydrogen) atoms. The van der Waals surface area contributed by atoms with Gasteiger partial charge < -0.3 is 4.42 Å². The van der Waals surface area contributed by atoms with Gasteiger partial charge in [0.05, 0.1) is 0 Å². The largest absolute Gasteiger partial charge is 0.456 e. The van der Waals surface area contributed by atoms with E-state index in [1.807, 2.05) is 60.7 Å². The minimum Gasteiger partial charge on any atom is -0.456 e. The normalized spacial score (nSPS) is 11.7. The van der Waals surface area contributed by atoms with Crippen LogP contribution in [0.3, 0.4) is 0 Å². The van der Waals surface area contributed by atoms with E-state index in [1.165, 1.54) is 12.1 Å². The van der Waals surface area contributed by atoms with Crippen molar-refractivity contribution < 1.29 is 13.2 Å². The first-order valence-corrected chi connectivity index (χ1v) is 11.5. The van der Waals surface area contributed by atoms with Crippen LogP contribution in [0.1, 0.15) is 0 Å². The van der Waals surface area contributed by atoms with Crippen LogP contribution in [-0.2, 0) is 0 Å². The quantitative estimate of drug-likeness (QED) is 0.236. The molecule has 1 heterocycles. The van der Waals surface area contributed by atoms with Crippen LogP contribution in [0.25, 0.3) is 65.7 Å². The highest BCUT2D eigenvalue weighted by atomic mass is 19.1. The molecule has 0 fully saturated rings. The molecule has 7 aromatic rings. The van der Waals surface area contributed by atoms with Gasteiger partial charge in [-0.2, -0.15) is 0 Å². The fourth-order valence-corrected chi connectivity index (χ4v) is 5.30. The summed E-state index contributed by atoms with van der Waals surface area (Å²) in [5.41, 5.74) is 5.00. The maximum absolute atomic E-state index is 15.1. The highest BCUT2D eigenvalue weighted by molar-refractivity contribution is 6.22. The third kappa shape index (κ3) is 2.98. The molecule has 6 aromatic carbocycles. The third-order valence-corrected chi connectivity index (χ3v) is 6.80. The molecule has 7 rings (SSSR count). The van der Waals surface area contributed by atoms with Crippen molar-refractivity contribution in [1.29, 1.82) is 0 Å². The van der Waals surface area contributed by atoms with Gasteiger partial charge in [-0.1, -0.05) is 72.8 Å². The molecule has 0 unspecified atom stereocenters. The van der Waals surface area contributed by atoms with Crippen molar-refractivity contribution in [3.8, 4) is 22.3 Å². The number of hydrogen-bond acceptors (Lipinski definition) is 1. The lowest BCUT2D eigenvalue weighted by Crippen LogP contribution is -1.93. The predicted molar refractivity (Wildman–Crippen MR) is 140 cm³/mol. The van der Waals surface area contributed by atoms with Crippen LogP contribution in [0.5, 0.6) is 0 Å². The molecule has 0 saturated carbocycles. The molecule has 3 heteroatoms. The van der Waals surface area contributed by atoms with E-state index in [2.05, 4.69) is 30.3 Å². The van der Waals surface area contributed by atoms with E-state index in [0.29, 0.717) is 5.56 Å². The predicted octanol–water partition coefficient (Wildman–Crippen LogP) is 9.50. The number of benzene rings is 6. The first-order chi connectivity index (χ1) is 17.2. The van der Waals surface area contributed by atoms with Crippen LogP contribution in [0.2, 0.25) is 0 Å². The van der Waals surface area contributed by atoms with Crippen molar-refractivity contribution in [2.75, 3.05) is 0 Å². The molecule has 0 radical (unpaired) electrons.